The average Bonchev–Trinajstić information content (AvgIpc) is 1.87. The van der Waals surface area contributed by atoms with Crippen molar-refractivity contribution in [3.8, 4) is 0 Å². The van der Waals surface area contributed by atoms with E-state index in [-0.39, 0.29) is 12.6 Å². The molecule has 0 bridgehead atoms. The second kappa shape index (κ2) is 4.57. The minimum Gasteiger partial charge on any atom is -0.368 e. The van der Waals surface area contributed by atoms with Crippen LogP contribution in [0.1, 0.15) is 0 Å². The molecule has 0 unspecified atom stereocenters. The Morgan fingerprint density at radius 3 is 2.70 bits per heavy atom. The van der Waals surface area contributed by atoms with Crippen molar-refractivity contribution < 1.29 is 9.63 Å². The molecule has 6 heteroatoms. The first-order chi connectivity index (χ1) is 4.66. The number of nitrogens with two attached hydrogens (primary N) is 2. The predicted octanol–water partition coefficient (Wildman–Crippen LogP) is -2.06. The maximum absolute atomic E-state index is 10.0. The molecule has 58 valence electrons. The lowest BCUT2D eigenvalue weighted by Crippen LogP contribution is -2.34. The van der Waals surface area contributed by atoms with Gasteiger partial charge in [0.2, 0.25) is 11.9 Å². The fourth-order valence-corrected chi connectivity index (χ4v) is 0.227. The maximum Gasteiger partial charge on any atom is 0.246 e. The number of rotatable bonds is 3. The highest BCUT2D eigenvalue weighted by Gasteiger charge is 1.92. The van der Waals surface area contributed by atoms with Gasteiger partial charge in [0, 0.05) is 7.05 Å². The van der Waals surface area contributed by atoms with E-state index in [1.54, 1.807) is 0 Å². The van der Waals surface area contributed by atoms with Gasteiger partial charge >= 0.3 is 0 Å². The van der Waals surface area contributed by atoms with Crippen LogP contribution in [0.15, 0.2) is 4.99 Å². The van der Waals surface area contributed by atoms with E-state index in [1.165, 1.54) is 7.05 Å². The smallest absolute Gasteiger partial charge is 0.246 e. The van der Waals surface area contributed by atoms with Gasteiger partial charge in [-0.25, -0.2) is 5.48 Å². The summed E-state index contributed by atoms with van der Waals surface area (Å²) in [6, 6.07) is 0. The van der Waals surface area contributed by atoms with Crippen molar-refractivity contribution >= 4 is 11.9 Å². The second-order valence-electron chi connectivity index (χ2n) is 1.47. The minimum atomic E-state index is -0.573. The molecule has 0 atom stereocenters. The minimum absolute atomic E-state index is 0.0984. The zero-order valence-corrected chi connectivity index (χ0v) is 5.63. The summed E-state index contributed by atoms with van der Waals surface area (Å²) in [7, 11) is 1.48. The van der Waals surface area contributed by atoms with Gasteiger partial charge in [-0.2, -0.15) is 0 Å². The highest BCUT2D eigenvalue weighted by atomic mass is 16.6. The third-order valence-electron chi connectivity index (χ3n) is 0.632. The van der Waals surface area contributed by atoms with Crippen molar-refractivity contribution in [2.24, 2.45) is 16.5 Å². The van der Waals surface area contributed by atoms with Gasteiger partial charge in [-0.15, -0.1) is 0 Å². The van der Waals surface area contributed by atoms with Crippen molar-refractivity contribution in [1.29, 1.82) is 0 Å². The summed E-state index contributed by atoms with van der Waals surface area (Å²) in [6.07, 6.45) is 0. The number of amides is 1. The Kier molecular flexibility index (Phi) is 3.97. The Balaban J connectivity index is 3.29. The molecule has 0 aliphatic carbocycles. The Hall–Kier alpha value is -1.30. The molecule has 0 radical (unpaired) electrons. The first kappa shape index (κ1) is 8.70. The first-order valence-corrected chi connectivity index (χ1v) is 2.55. The molecule has 5 N–H and O–H groups in total. The molecule has 0 saturated carbocycles. The van der Waals surface area contributed by atoms with Crippen molar-refractivity contribution in [1.82, 2.24) is 5.48 Å². The molecule has 0 fully saturated rings. The molecule has 0 aromatic carbocycles. The molecule has 0 rings (SSSR count). The van der Waals surface area contributed by atoms with Gasteiger partial charge in [0.1, 0.15) is 0 Å². The summed E-state index contributed by atoms with van der Waals surface area (Å²) in [5, 5.41) is 0. The van der Waals surface area contributed by atoms with E-state index in [0.717, 1.165) is 0 Å². The van der Waals surface area contributed by atoms with Crippen molar-refractivity contribution in [2.45, 2.75) is 0 Å². The van der Waals surface area contributed by atoms with Crippen LogP contribution in [0.4, 0.5) is 0 Å². The van der Waals surface area contributed by atoms with Crippen molar-refractivity contribution in [3.63, 3.8) is 0 Å². The Labute approximate surface area is 58.2 Å². The Morgan fingerprint density at radius 1 is 1.70 bits per heavy atom. The van der Waals surface area contributed by atoms with E-state index in [0.29, 0.717) is 0 Å². The highest BCUT2D eigenvalue weighted by molar-refractivity contribution is 5.77. The van der Waals surface area contributed by atoms with Gasteiger partial charge in [0.05, 0.1) is 0 Å². The van der Waals surface area contributed by atoms with Crippen LogP contribution in [0.3, 0.4) is 0 Å². The molecule has 10 heavy (non-hydrogen) atoms. The number of nitrogens with zero attached hydrogens (tertiary/aromatic N) is 1. The molecule has 0 heterocycles. The normalized spacial score (nSPS) is 11.1. The van der Waals surface area contributed by atoms with Gasteiger partial charge < -0.3 is 11.5 Å². The lowest BCUT2D eigenvalue weighted by molar-refractivity contribution is -0.123. The lowest BCUT2D eigenvalue weighted by atomic mass is 10.7. The molecule has 0 saturated heterocycles. The van der Waals surface area contributed by atoms with E-state index in [2.05, 4.69) is 15.3 Å². The van der Waals surface area contributed by atoms with Crippen LogP contribution in [0.5, 0.6) is 0 Å². The first-order valence-electron chi connectivity index (χ1n) is 2.55. The molecule has 1 amide bonds. The summed E-state index contributed by atoms with van der Waals surface area (Å²) in [5.41, 5.74) is 12.0. The van der Waals surface area contributed by atoms with E-state index in [9.17, 15) is 4.79 Å². The molecule has 0 aliphatic heterocycles. The monoisotopic (exact) mass is 146 g/mol. The van der Waals surface area contributed by atoms with Crippen molar-refractivity contribution in [2.75, 3.05) is 13.7 Å². The summed E-state index contributed by atoms with van der Waals surface area (Å²) < 4.78 is 0. The zero-order valence-electron chi connectivity index (χ0n) is 5.63. The third-order valence-corrected chi connectivity index (χ3v) is 0.632. The quantitative estimate of drug-likeness (QED) is 0.242. The number of aliphatic imine (C=N–C) groups is 1. The number of guanidine groups is 1. The fraction of sp³-hybridized carbons (Fsp3) is 0.500. The number of carbonyl (C=O) groups excluding carboxylic acids is 1. The van der Waals surface area contributed by atoms with Gasteiger partial charge in [0.25, 0.3) is 0 Å². The largest absolute Gasteiger partial charge is 0.368 e. The number of hydroxylamine groups is 1. The van der Waals surface area contributed by atoms with Gasteiger partial charge in [-0.3, -0.25) is 14.6 Å². The molecule has 0 aliphatic rings. The molecule has 0 aromatic heterocycles. The molecule has 0 aromatic rings. The summed E-state index contributed by atoms with van der Waals surface area (Å²) in [4.78, 5) is 18.0. The SMILES string of the molecule is CN=C(N)NOCC(N)=O. The number of primary amides is 1. The van der Waals surface area contributed by atoms with Crippen LogP contribution in [-0.4, -0.2) is 25.5 Å². The van der Waals surface area contributed by atoms with Crippen LogP contribution in [0.25, 0.3) is 0 Å². The van der Waals surface area contributed by atoms with Crippen LogP contribution in [-0.2, 0) is 9.63 Å². The van der Waals surface area contributed by atoms with Crippen molar-refractivity contribution in [3.05, 3.63) is 0 Å². The maximum atomic E-state index is 10.0. The average molecular weight is 146 g/mol. The van der Waals surface area contributed by atoms with Crippen LogP contribution in [0, 0.1) is 0 Å². The Morgan fingerprint density at radius 2 is 2.30 bits per heavy atom. The number of nitrogens with one attached hydrogen (secondary N) is 1. The molecule has 0 spiro atoms. The third kappa shape index (κ3) is 4.85. The molecule has 6 nitrogen and oxygen atoms in total. The number of hydrogen-bond donors (Lipinski definition) is 3. The zero-order chi connectivity index (χ0) is 7.98. The Bertz CT molecular complexity index is 144. The predicted molar refractivity (Wildman–Crippen MR) is 35.8 cm³/mol. The van der Waals surface area contributed by atoms with Gasteiger partial charge in [0.15, 0.2) is 6.61 Å². The van der Waals surface area contributed by atoms with E-state index in [4.69, 9.17) is 11.5 Å². The van der Waals surface area contributed by atoms with Gasteiger partial charge in [-0.05, 0) is 0 Å². The second-order valence-corrected chi connectivity index (χ2v) is 1.47. The van der Waals surface area contributed by atoms with E-state index < -0.39 is 5.91 Å². The van der Waals surface area contributed by atoms with Crippen LogP contribution in [0.2, 0.25) is 0 Å². The molecular weight excluding hydrogens is 136 g/mol. The van der Waals surface area contributed by atoms with Crippen LogP contribution < -0.4 is 16.9 Å². The fourth-order valence-electron chi connectivity index (χ4n) is 0.227. The standard InChI is InChI=1S/C4H10N4O2/c1-7-4(6)8-10-2-3(5)9/h2H2,1H3,(H2,5,9)(H3,6,7,8). The summed E-state index contributed by atoms with van der Waals surface area (Å²) >= 11 is 0. The summed E-state index contributed by atoms with van der Waals surface area (Å²) in [5.74, 6) is -0.474. The molecular formula is C4H10N4O2. The summed E-state index contributed by atoms with van der Waals surface area (Å²) in [6.45, 7) is -0.226. The van der Waals surface area contributed by atoms with E-state index in [1.807, 2.05) is 0 Å². The number of carbonyl (C=O) groups is 1. The number of hydrogen-bond acceptors (Lipinski definition) is 3. The topological polar surface area (TPSA) is 103 Å². The lowest BCUT2D eigenvalue weighted by Gasteiger charge is -2.01. The van der Waals surface area contributed by atoms with E-state index >= 15 is 0 Å². The van der Waals surface area contributed by atoms with Crippen LogP contribution >= 0.6 is 0 Å². The highest BCUT2D eigenvalue weighted by Crippen LogP contribution is 1.64. The van der Waals surface area contributed by atoms with Gasteiger partial charge in [-0.1, -0.05) is 0 Å².